The van der Waals surface area contributed by atoms with Crippen LogP contribution in [0, 0.1) is 0 Å². The van der Waals surface area contributed by atoms with Crippen molar-refractivity contribution in [2.75, 3.05) is 11.9 Å². The summed E-state index contributed by atoms with van der Waals surface area (Å²) < 4.78 is 38.0. The first-order valence-corrected chi connectivity index (χ1v) is 7.55. The Kier molecular flexibility index (Phi) is 5.31. The molecule has 0 unspecified atom stereocenters. The molecular formula is C14H12ClF3N2OS. The van der Waals surface area contributed by atoms with Gasteiger partial charge in [0.2, 0.25) is 0 Å². The van der Waals surface area contributed by atoms with Gasteiger partial charge in [0.15, 0.2) is 0 Å². The Bertz CT molecular complexity index is 631. The van der Waals surface area contributed by atoms with Crippen LogP contribution in [0.4, 0.5) is 23.7 Å². The molecule has 22 heavy (non-hydrogen) atoms. The molecule has 1 aromatic carbocycles. The second-order valence-corrected chi connectivity index (χ2v) is 5.76. The van der Waals surface area contributed by atoms with Crippen molar-refractivity contribution in [1.29, 1.82) is 0 Å². The molecule has 0 saturated carbocycles. The lowest BCUT2D eigenvalue weighted by molar-refractivity contribution is -0.140. The molecule has 0 aliphatic rings. The third kappa shape index (κ3) is 5.23. The third-order valence-corrected chi connectivity index (χ3v) is 3.65. The highest BCUT2D eigenvalue weighted by molar-refractivity contribution is 7.07. The molecule has 0 saturated heterocycles. The van der Waals surface area contributed by atoms with Crippen LogP contribution in [0.2, 0.25) is 5.02 Å². The normalized spacial score (nSPS) is 11.3. The molecule has 0 fully saturated rings. The molecule has 1 aromatic heterocycles. The Hall–Kier alpha value is -1.73. The number of amides is 2. The van der Waals surface area contributed by atoms with Crippen molar-refractivity contribution in [1.82, 2.24) is 4.90 Å². The number of carbonyl (C=O) groups excluding carboxylic acids is 1. The van der Waals surface area contributed by atoms with Gasteiger partial charge in [0.05, 0.1) is 0 Å². The fraction of sp³-hybridized carbons (Fsp3) is 0.214. The van der Waals surface area contributed by atoms with Crippen molar-refractivity contribution in [3.05, 3.63) is 51.7 Å². The lowest BCUT2D eigenvalue weighted by atomic mass is 10.3. The Morgan fingerprint density at radius 1 is 1.32 bits per heavy atom. The molecule has 8 heteroatoms. The fourth-order valence-corrected chi connectivity index (χ4v) is 2.64. The number of thiophene rings is 1. The topological polar surface area (TPSA) is 32.3 Å². The number of halogens is 4. The molecule has 2 amide bonds. The Morgan fingerprint density at radius 2 is 2.09 bits per heavy atom. The average Bonchev–Trinajstić information content (AvgIpc) is 2.89. The van der Waals surface area contributed by atoms with E-state index < -0.39 is 18.8 Å². The van der Waals surface area contributed by atoms with Gasteiger partial charge in [-0.15, -0.1) is 0 Å². The van der Waals surface area contributed by atoms with E-state index in [4.69, 9.17) is 11.6 Å². The van der Waals surface area contributed by atoms with Crippen LogP contribution in [-0.2, 0) is 6.54 Å². The standard InChI is InChI=1S/C14H12ClF3N2OS/c15-11-2-1-3-12(6-11)19-13(21)20(9-14(16,17)18)7-10-4-5-22-8-10/h1-6,8H,7,9H2,(H,19,21). The summed E-state index contributed by atoms with van der Waals surface area (Å²) in [6, 6.07) is 7.09. The predicted octanol–water partition coefficient (Wildman–Crippen LogP) is 5.00. The molecule has 1 N–H and O–H groups in total. The Morgan fingerprint density at radius 3 is 2.68 bits per heavy atom. The first-order valence-electron chi connectivity index (χ1n) is 6.23. The van der Waals surface area contributed by atoms with Crippen LogP contribution in [-0.4, -0.2) is 23.7 Å². The van der Waals surface area contributed by atoms with Crippen molar-refractivity contribution < 1.29 is 18.0 Å². The van der Waals surface area contributed by atoms with Crippen LogP contribution in [0.1, 0.15) is 5.56 Å². The number of anilines is 1. The predicted molar refractivity (Wildman–Crippen MR) is 81.3 cm³/mol. The minimum Gasteiger partial charge on any atom is -0.311 e. The Labute approximate surface area is 134 Å². The number of nitrogens with one attached hydrogen (secondary N) is 1. The molecule has 118 valence electrons. The molecule has 0 aliphatic heterocycles. The average molecular weight is 349 g/mol. The van der Waals surface area contributed by atoms with E-state index in [1.54, 1.807) is 35.0 Å². The number of alkyl halides is 3. The smallest absolute Gasteiger partial charge is 0.311 e. The lowest BCUT2D eigenvalue weighted by Gasteiger charge is -2.24. The van der Waals surface area contributed by atoms with Crippen molar-refractivity contribution in [2.24, 2.45) is 0 Å². The molecule has 2 rings (SSSR count). The van der Waals surface area contributed by atoms with Crippen molar-refractivity contribution >= 4 is 34.7 Å². The van der Waals surface area contributed by atoms with Gasteiger partial charge >= 0.3 is 12.2 Å². The zero-order valence-electron chi connectivity index (χ0n) is 11.2. The SMILES string of the molecule is O=C(Nc1cccc(Cl)c1)N(Cc1ccsc1)CC(F)(F)F. The highest BCUT2D eigenvalue weighted by atomic mass is 35.5. The number of nitrogens with zero attached hydrogens (tertiary/aromatic N) is 1. The maximum atomic E-state index is 12.7. The number of urea groups is 1. The van der Waals surface area contributed by atoms with E-state index in [2.05, 4.69) is 5.32 Å². The zero-order valence-corrected chi connectivity index (χ0v) is 12.8. The van der Waals surface area contributed by atoms with E-state index in [1.807, 2.05) is 0 Å². The van der Waals surface area contributed by atoms with Gasteiger partial charge in [-0.1, -0.05) is 17.7 Å². The number of hydrogen-bond donors (Lipinski definition) is 1. The summed E-state index contributed by atoms with van der Waals surface area (Å²) in [6.45, 7) is -1.44. The summed E-state index contributed by atoms with van der Waals surface area (Å²) in [5, 5.41) is 6.26. The van der Waals surface area contributed by atoms with Crippen LogP contribution in [0.15, 0.2) is 41.1 Å². The van der Waals surface area contributed by atoms with Crippen LogP contribution in [0.3, 0.4) is 0 Å². The third-order valence-electron chi connectivity index (χ3n) is 2.69. The van der Waals surface area contributed by atoms with Gasteiger partial charge < -0.3 is 10.2 Å². The first-order chi connectivity index (χ1) is 10.3. The molecular weight excluding hydrogens is 337 g/mol. The summed E-state index contributed by atoms with van der Waals surface area (Å²) in [7, 11) is 0. The number of rotatable bonds is 4. The van der Waals surface area contributed by atoms with E-state index in [0.29, 0.717) is 21.2 Å². The number of carbonyl (C=O) groups is 1. The molecule has 3 nitrogen and oxygen atoms in total. The van der Waals surface area contributed by atoms with Gasteiger partial charge in [-0.2, -0.15) is 24.5 Å². The second kappa shape index (κ2) is 7.02. The van der Waals surface area contributed by atoms with E-state index >= 15 is 0 Å². The molecule has 1 heterocycles. The number of hydrogen-bond acceptors (Lipinski definition) is 2. The molecule has 0 atom stereocenters. The first kappa shape index (κ1) is 16.6. The summed E-state index contributed by atoms with van der Waals surface area (Å²) in [4.78, 5) is 12.8. The fourth-order valence-electron chi connectivity index (χ4n) is 1.79. The lowest BCUT2D eigenvalue weighted by Crippen LogP contribution is -2.40. The summed E-state index contributed by atoms with van der Waals surface area (Å²) >= 11 is 7.15. The van der Waals surface area contributed by atoms with Crippen molar-refractivity contribution in [3.63, 3.8) is 0 Å². The van der Waals surface area contributed by atoms with Crippen molar-refractivity contribution in [2.45, 2.75) is 12.7 Å². The molecule has 0 bridgehead atoms. The van der Waals surface area contributed by atoms with Gasteiger partial charge in [0.1, 0.15) is 6.54 Å². The zero-order chi connectivity index (χ0) is 16.2. The van der Waals surface area contributed by atoms with E-state index in [9.17, 15) is 18.0 Å². The maximum Gasteiger partial charge on any atom is 0.406 e. The largest absolute Gasteiger partial charge is 0.406 e. The van der Waals surface area contributed by atoms with Gasteiger partial charge in [-0.25, -0.2) is 4.79 Å². The van der Waals surface area contributed by atoms with Crippen molar-refractivity contribution in [3.8, 4) is 0 Å². The van der Waals surface area contributed by atoms with Crippen LogP contribution >= 0.6 is 22.9 Å². The minimum atomic E-state index is -4.47. The summed E-state index contributed by atoms with van der Waals surface area (Å²) in [6.07, 6.45) is -4.47. The Balaban J connectivity index is 2.11. The van der Waals surface area contributed by atoms with E-state index in [-0.39, 0.29) is 6.54 Å². The highest BCUT2D eigenvalue weighted by Crippen LogP contribution is 2.21. The van der Waals surface area contributed by atoms with Gasteiger partial charge in [0.25, 0.3) is 0 Å². The van der Waals surface area contributed by atoms with E-state index in [1.165, 1.54) is 17.4 Å². The minimum absolute atomic E-state index is 0.116. The van der Waals surface area contributed by atoms with Crippen LogP contribution in [0.5, 0.6) is 0 Å². The van der Waals surface area contributed by atoms with Gasteiger partial charge in [0, 0.05) is 17.3 Å². The molecule has 0 radical (unpaired) electrons. The van der Waals surface area contributed by atoms with Crippen LogP contribution in [0.25, 0.3) is 0 Å². The summed E-state index contributed by atoms with van der Waals surface area (Å²) in [5.74, 6) is 0. The van der Waals surface area contributed by atoms with E-state index in [0.717, 1.165) is 0 Å². The maximum absolute atomic E-state index is 12.7. The molecule has 2 aromatic rings. The van der Waals surface area contributed by atoms with Crippen LogP contribution < -0.4 is 5.32 Å². The van der Waals surface area contributed by atoms with Gasteiger partial charge in [-0.3, -0.25) is 0 Å². The highest BCUT2D eigenvalue weighted by Gasteiger charge is 2.33. The molecule has 0 aliphatic carbocycles. The molecule has 0 spiro atoms. The second-order valence-electron chi connectivity index (χ2n) is 4.54. The van der Waals surface area contributed by atoms with Gasteiger partial charge in [-0.05, 0) is 40.6 Å². The monoisotopic (exact) mass is 348 g/mol. The quantitative estimate of drug-likeness (QED) is 0.828. The number of benzene rings is 1. The summed E-state index contributed by atoms with van der Waals surface area (Å²) in [5.41, 5.74) is 0.991.